The van der Waals surface area contributed by atoms with Gasteiger partial charge in [-0.05, 0) is 0 Å². The zero-order valence-electron chi connectivity index (χ0n) is 7.04. The van der Waals surface area contributed by atoms with Gasteiger partial charge in [0, 0.05) is 8.07 Å². The predicted octanol–water partition coefficient (Wildman–Crippen LogP) is 3.33. The third-order valence-electron chi connectivity index (χ3n) is 1.78. The first kappa shape index (κ1) is 9.22. The Morgan fingerprint density at radius 1 is 1.22 bits per heavy atom. The largest absolute Gasteiger partial charge is 0.0693 e. The minimum Gasteiger partial charge on any atom is -0.0693 e. The molecule has 0 aromatic rings. The highest BCUT2D eigenvalue weighted by atomic mass is 28.3. The zero-order valence-corrected chi connectivity index (χ0v) is 8.04. The first-order chi connectivity index (χ1) is 4.12. The molecule has 9 heavy (non-hydrogen) atoms. The second-order valence-electron chi connectivity index (χ2n) is 3.52. The summed E-state index contributed by atoms with van der Waals surface area (Å²) in [6.45, 7) is 11.1. The number of rotatable bonds is 4. The van der Waals surface area contributed by atoms with Gasteiger partial charge in [0.25, 0.3) is 0 Å². The molecule has 1 radical (unpaired) electrons. The third-order valence-corrected chi connectivity index (χ3v) is 5.34. The smallest absolute Gasteiger partial charge is 0.0473 e. The van der Waals surface area contributed by atoms with Gasteiger partial charge < -0.3 is 0 Å². The van der Waals surface area contributed by atoms with Gasteiger partial charge in [0.2, 0.25) is 0 Å². The van der Waals surface area contributed by atoms with Gasteiger partial charge in [-0.25, -0.2) is 0 Å². The molecule has 0 aliphatic rings. The van der Waals surface area contributed by atoms with Crippen LogP contribution in [0, 0.1) is 6.92 Å². The van der Waals surface area contributed by atoms with E-state index in [1.165, 1.54) is 18.5 Å². The van der Waals surface area contributed by atoms with E-state index in [0.717, 1.165) is 6.42 Å². The van der Waals surface area contributed by atoms with Crippen molar-refractivity contribution >= 4 is 8.07 Å². The van der Waals surface area contributed by atoms with E-state index in [-0.39, 0.29) is 0 Å². The summed E-state index contributed by atoms with van der Waals surface area (Å²) in [7, 11) is -0.766. The summed E-state index contributed by atoms with van der Waals surface area (Å²) in [4.78, 5) is 0. The summed E-state index contributed by atoms with van der Waals surface area (Å²) >= 11 is 0. The van der Waals surface area contributed by atoms with E-state index < -0.39 is 8.07 Å². The molecule has 0 spiro atoms. The van der Waals surface area contributed by atoms with Crippen LogP contribution >= 0.6 is 0 Å². The molecule has 0 rings (SSSR count). The van der Waals surface area contributed by atoms with E-state index in [9.17, 15) is 0 Å². The Bertz CT molecular complexity index is 59.0. The van der Waals surface area contributed by atoms with E-state index in [2.05, 4.69) is 26.9 Å². The summed E-state index contributed by atoms with van der Waals surface area (Å²) < 4.78 is 0. The van der Waals surface area contributed by atoms with Crippen LogP contribution in [0.5, 0.6) is 0 Å². The van der Waals surface area contributed by atoms with E-state index in [1.807, 2.05) is 0 Å². The summed E-state index contributed by atoms with van der Waals surface area (Å²) in [5, 5.41) is 0. The van der Waals surface area contributed by atoms with Gasteiger partial charge in [-0.2, -0.15) is 0 Å². The standard InChI is InChI=1S/C8H19Si/c1-5-7-9(3,4)8-6-2/h1,5-8H2,2-4H3. The Hall–Kier alpha value is 0.217. The SMILES string of the molecule is [CH2]CC[Si](C)(C)CCC. The van der Waals surface area contributed by atoms with Gasteiger partial charge in [-0.1, -0.05) is 51.9 Å². The van der Waals surface area contributed by atoms with Crippen molar-refractivity contribution in [2.24, 2.45) is 0 Å². The van der Waals surface area contributed by atoms with Crippen molar-refractivity contribution in [2.45, 2.75) is 44.9 Å². The maximum atomic E-state index is 3.89. The lowest BCUT2D eigenvalue weighted by Crippen LogP contribution is -2.23. The number of hydrogen-bond donors (Lipinski definition) is 0. The Morgan fingerprint density at radius 3 is 2.11 bits per heavy atom. The molecule has 0 aliphatic carbocycles. The molecule has 0 aliphatic heterocycles. The first-order valence-corrected chi connectivity index (χ1v) is 7.33. The fraction of sp³-hybridized carbons (Fsp3) is 0.875. The van der Waals surface area contributed by atoms with Crippen molar-refractivity contribution in [2.75, 3.05) is 0 Å². The first-order valence-electron chi connectivity index (χ1n) is 3.91. The molecule has 0 amide bonds. The van der Waals surface area contributed by atoms with E-state index in [0.29, 0.717) is 0 Å². The molecule has 55 valence electrons. The fourth-order valence-electron chi connectivity index (χ4n) is 1.28. The van der Waals surface area contributed by atoms with Crippen molar-refractivity contribution in [1.29, 1.82) is 0 Å². The molecular weight excluding hydrogens is 124 g/mol. The minimum absolute atomic E-state index is 0.766. The van der Waals surface area contributed by atoms with Gasteiger partial charge in [0.15, 0.2) is 0 Å². The molecule has 0 saturated carbocycles. The maximum absolute atomic E-state index is 3.89. The van der Waals surface area contributed by atoms with Crippen molar-refractivity contribution < 1.29 is 0 Å². The monoisotopic (exact) mass is 143 g/mol. The molecule has 0 heterocycles. The van der Waals surface area contributed by atoms with Crippen LogP contribution in [0.4, 0.5) is 0 Å². The van der Waals surface area contributed by atoms with Crippen LogP contribution < -0.4 is 0 Å². The molecule has 1 heteroatoms. The average molecular weight is 143 g/mol. The normalized spacial score (nSPS) is 12.0. The Morgan fingerprint density at radius 2 is 1.78 bits per heavy atom. The zero-order chi connectivity index (χ0) is 7.33. The van der Waals surface area contributed by atoms with Crippen LogP contribution in [-0.4, -0.2) is 8.07 Å². The van der Waals surface area contributed by atoms with Gasteiger partial charge >= 0.3 is 0 Å². The minimum atomic E-state index is -0.766. The topological polar surface area (TPSA) is 0 Å². The van der Waals surface area contributed by atoms with Crippen molar-refractivity contribution in [3.05, 3.63) is 6.92 Å². The van der Waals surface area contributed by atoms with Crippen LogP contribution in [-0.2, 0) is 0 Å². The van der Waals surface area contributed by atoms with Crippen LogP contribution in [0.15, 0.2) is 0 Å². The molecule has 0 nitrogen and oxygen atoms in total. The summed E-state index contributed by atoms with van der Waals surface area (Å²) in [5.74, 6) is 0. The molecule has 0 aromatic heterocycles. The van der Waals surface area contributed by atoms with Crippen LogP contribution in [0.3, 0.4) is 0 Å². The van der Waals surface area contributed by atoms with Crippen LogP contribution in [0.2, 0.25) is 25.2 Å². The van der Waals surface area contributed by atoms with Gasteiger partial charge in [0.05, 0.1) is 0 Å². The average Bonchev–Trinajstić information content (AvgIpc) is 1.64. The van der Waals surface area contributed by atoms with E-state index in [4.69, 9.17) is 0 Å². The third kappa shape index (κ3) is 4.70. The van der Waals surface area contributed by atoms with Gasteiger partial charge in [0.1, 0.15) is 0 Å². The molecule has 0 fully saturated rings. The molecule has 0 saturated heterocycles. The highest BCUT2D eigenvalue weighted by Gasteiger charge is 2.16. The fourth-order valence-corrected chi connectivity index (χ4v) is 3.84. The summed E-state index contributed by atoms with van der Waals surface area (Å²) in [6, 6.07) is 2.88. The van der Waals surface area contributed by atoms with E-state index in [1.54, 1.807) is 0 Å². The number of hydrogen-bond acceptors (Lipinski definition) is 0. The lowest BCUT2D eigenvalue weighted by atomic mass is 10.6. The molecule has 0 aromatic carbocycles. The molecule has 0 atom stereocenters. The highest BCUT2D eigenvalue weighted by Crippen LogP contribution is 2.18. The lowest BCUT2D eigenvalue weighted by Gasteiger charge is -2.19. The molecule has 0 N–H and O–H groups in total. The summed E-state index contributed by atoms with van der Waals surface area (Å²) in [6.07, 6.45) is 2.50. The van der Waals surface area contributed by atoms with Gasteiger partial charge in [-0.15, -0.1) is 0 Å². The van der Waals surface area contributed by atoms with Crippen molar-refractivity contribution in [3.8, 4) is 0 Å². The Labute approximate surface area is 60.7 Å². The lowest BCUT2D eigenvalue weighted by molar-refractivity contribution is 1.01. The predicted molar refractivity (Wildman–Crippen MR) is 47.4 cm³/mol. The Kier molecular flexibility index (Phi) is 4.20. The van der Waals surface area contributed by atoms with Crippen molar-refractivity contribution in [3.63, 3.8) is 0 Å². The van der Waals surface area contributed by atoms with Crippen LogP contribution in [0.25, 0.3) is 0 Å². The Balaban J connectivity index is 3.43. The van der Waals surface area contributed by atoms with Crippen LogP contribution in [0.1, 0.15) is 19.8 Å². The van der Waals surface area contributed by atoms with Crippen molar-refractivity contribution in [1.82, 2.24) is 0 Å². The second-order valence-corrected chi connectivity index (χ2v) is 8.85. The van der Waals surface area contributed by atoms with Gasteiger partial charge in [-0.3, -0.25) is 0 Å². The quantitative estimate of drug-likeness (QED) is 0.530. The second kappa shape index (κ2) is 4.10. The highest BCUT2D eigenvalue weighted by molar-refractivity contribution is 6.77. The van der Waals surface area contributed by atoms with E-state index >= 15 is 0 Å². The molecule has 0 unspecified atom stereocenters. The molecule has 0 bridgehead atoms. The summed E-state index contributed by atoms with van der Waals surface area (Å²) in [5.41, 5.74) is 0. The maximum Gasteiger partial charge on any atom is 0.0473 e. The molecular formula is C8H19Si.